The van der Waals surface area contributed by atoms with Crippen LogP contribution >= 0.6 is 11.3 Å². The fourth-order valence-corrected chi connectivity index (χ4v) is 5.34. The normalized spacial score (nSPS) is 12.1. The van der Waals surface area contributed by atoms with Crippen molar-refractivity contribution in [2.75, 3.05) is 0 Å². The Morgan fingerprint density at radius 1 is 0.840 bits per heavy atom. The second kappa shape index (κ2) is 7.21. The molecule has 0 radical (unpaired) electrons. The van der Waals surface area contributed by atoms with Gasteiger partial charge in [-0.25, -0.2) is 0 Å². The molecule has 2 aromatic carbocycles. The number of aromatic nitrogens is 1. The third-order valence-electron chi connectivity index (χ3n) is 5.37. The monoisotopic (exact) mass is 349 g/mol. The lowest BCUT2D eigenvalue weighted by Crippen LogP contribution is -2.09. The third kappa shape index (κ3) is 2.87. The lowest BCUT2D eigenvalue weighted by Gasteiger charge is -2.21. The quantitative estimate of drug-likeness (QED) is 0.319. The molecule has 0 saturated carbocycles. The number of thiophene rings is 1. The Bertz CT molecular complexity index is 977. The zero-order chi connectivity index (χ0) is 17.2. The molecule has 0 aliphatic rings. The smallest absolute Gasteiger partial charge is 0.0683 e. The van der Waals surface area contributed by atoms with Gasteiger partial charge in [0, 0.05) is 21.5 Å². The Balaban J connectivity index is 2.00. The molecule has 0 fully saturated rings. The van der Waals surface area contributed by atoms with E-state index in [1.54, 1.807) is 0 Å². The van der Waals surface area contributed by atoms with Gasteiger partial charge in [-0.2, -0.15) is 0 Å². The molecule has 0 aliphatic carbocycles. The molecular formula is C23H27NS. The predicted octanol–water partition coefficient (Wildman–Crippen LogP) is 7.93. The Morgan fingerprint density at radius 2 is 1.48 bits per heavy atom. The van der Waals surface area contributed by atoms with Crippen molar-refractivity contribution < 1.29 is 0 Å². The van der Waals surface area contributed by atoms with Crippen molar-refractivity contribution in [2.45, 2.75) is 58.4 Å². The highest BCUT2D eigenvalue weighted by atomic mass is 32.1. The van der Waals surface area contributed by atoms with E-state index in [1.165, 1.54) is 69.7 Å². The summed E-state index contributed by atoms with van der Waals surface area (Å²) in [5.74, 6) is 0. The molecule has 0 saturated heterocycles. The summed E-state index contributed by atoms with van der Waals surface area (Å²) < 4.78 is 5.57. The van der Waals surface area contributed by atoms with Crippen LogP contribution in [0.1, 0.15) is 58.4 Å². The van der Waals surface area contributed by atoms with E-state index in [0.29, 0.717) is 6.04 Å². The number of hydrogen-bond acceptors (Lipinski definition) is 1. The average molecular weight is 350 g/mol. The van der Waals surface area contributed by atoms with E-state index in [-0.39, 0.29) is 0 Å². The van der Waals surface area contributed by atoms with Crippen LogP contribution in [0.25, 0.3) is 31.2 Å². The molecule has 130 valence electrons. The largest absolute Gasteiger partial charge is 0.336 e. The van der Waals surface area contributed by atoms with Gasteiger partial charge < -0.3 is 4.57 Å². The third-order valence-corrected chi connectivity index (χ3v) is 6.56. The van der Waals surface area contributed by atoms with Crippen molar-refractivity contribution in [3.05, 3.63) is 48.5 Å². The van der Waals surface area contributed by atoms with Crippen LogP contribution in [0.4, 0.5) is 0 Å². The summed E-state index contributed by atoms with van der Waals surface area (Å²) in [6.45, 7) is 4.61. The fraction of sp³-hybridized carbons (Fsp3) is 0.391. The number of benzene rings is 2. The van der Waals surface area contributed by atoms with Gasteiger partial charge in [0.1, 0.15) is 0 Å². The summed E-state index contributed by atoms with van der Waals surface area (Å²) in [5, 5.41) is 2.85. The molecule has 0 N–H and O–H groups in total. The molecule has 0 amide bonds. The lowest BCUT2D eigenvalue weighted by molar-refractivity contribution is 0.427. The van der Waals surface area contributed by atoms with Crippen LogP contribution in [-0.2, 0) is 0 Å². The van der Waals surface area contributed by atoms with Crippen molar-refractivity contribution in [1.82, 2.24) is 4.57 Å². The van der Waals surface area contributed by atoms with Crippen molar-refractivity contribution in [3.63, 3.8) is 0 Å². The molecule has 2 heteroatoms. The first kappa shape index (κ1) is 16.7. The van der Waals surface area contributed by atoms with Gasteiger partial charge in [0.25, 0.3) is 0 Å². The summed E-state index contributed by atoms with van der Waals surface area (Å²) in [6, 6.07) is 18.5. The number of rotatable bonds is 7. The van der Waals surface area contributed by atoms with Crippen LogP contribution in [0.3, 0.4) is 0 Å². The summed E-state index contributed by atoms with van der Waals surface area (Å²) >= 11 is 1.96. The van der Waals surface area contributed by atoms with Crippen molar-refractivity contribution >= 4 is 42.5 Å². The van der Waals surface area contributed by atoms with Crippen LogP contribution in [-0.4, -0.2) is 4.57 Å². The maximum Gasteiger partial charge on any atom is 0.0683 e. The van der Waals surface area contributed by atoms with Crippen LogP contribution in [0.15, 0.2) is 48.5 Å². The van der Waals surface area contributed by atoms with Gasteiger partial charge in [0.2, 0.25) is 0 Å². The van der Waals surface area contributed by atoms with E-state index in [1.807, 2.05) is 11.3 Å². The Kier molecular flexibility index (Phi) is 4.80. The number of unbranched alkanes of at least 4 members (excludes halogenated alkanes) is 2. The van der Waals surface area contributed by atoms with Crippen molar-refractivity contribution in [1.29, 1.82) is 0 Å². The SMILES string of the molecule is CCCCC(CCCC)n1c2ccccc2c2sc3ccccc3c21. The van der Waals surface area contributed by atoms with Gasteiger partial charge in [-0.1, -0.05) is 75.9 Å². The highest BCUT2D eigenvalue weighted by Crippen LogP contribution is 2.43. The van der Waals surface area contributed by atoms with Gasteiger partial charge in [0.15, 0.2) is 0 Å². The van der Waals surface area contributed by atoms with Crippen LogP contribution in [0, 0.1) is 0 Å². The second-order valence-electron chi connectivity index (χ2n) is 7.10. The lowest BCUT2D eigenvalue weighted by atomic mass is 10.0. The molecule has 0 bridgehead atoms. The first-order valence-corrected chi connectivity index (χ1v) is 10.6. The maximum absolute atomic E-state index is 2.69. The Morgan fingerprint density at radius 3 is 2.20 bits per heavy atom. The summed E-state index contributed by atoms with van der Waals surface area (Å²) in [5.41, 5.74) is 2.89. The van der Waals surface area contributed by atoms with Gasteiger partial charge in [-0.05, 0) is 25.0 Å². The molecule has 2 aromatic heterocycles. The van der Waals surface area contributed by atoms with E-state index in [2.05, 4.69) is 66.9 Å². The molecule has 0 unspecified atom stereocenters. The molecule has 0 atom stereocenters. The van der Waals surface area contributed by atoms with E-state index in [0.717, 1.165) is 0 Å². The fourth-order valence-electron chi connectivity index (χ4n) is 4.11. The summed E-state index contributed by atoms with van der Waals surface area (Å²) in [7, 11) is 0. The van der Waals surface area contributed by atoms with E-state index < -0.39 is 0 Å². The van der Waals surface area contributed by atoms with Gasteiger partial charge in [-0.3, -0.25) is 0 Å². The van der Waals surface area contributed by atoms with E-state index in [4.69, 9.17) is 0 Å². The zero-order valence-corrected chi connectivity index (χ0v) is 16.1. The molecule has 2 heterocycles. The Hall–Kier alpha value is -1.80. The summed E-state index contributed by atoms with van der Waals surface area (Å²) in [4.78, 5) is 0. The van der Waals surface area contributed by atoms with Gasteiger partial charge in [-0.15, -0.1) is 11.3 Å². The predicted molar refractivity (Wildman–Crippen MR) is 113 cm³/mol. The number of para-hydroxylation sites is 1. The maximum atomic E-state index is 2.69. The van der Waals surface area contributed by atoms with E-state index in [9.17, 15) is 0 Å². The van der Waals surface area contributed by atoms with E-state index >= 15 is 0 Å². The highest BCUT2D eigenvalue weighted by molar-refractivity contribution is 7.26. The molecule has 4 aromatic rings. The molecule has 0 spiro atoms. The number of fused-ring (bicyclic) bond motifs is 5. The highest BCUT2D eigenvalue weighted by Gasteiger charge is 2.21. The molecule has 25 heavy (non-hydrogen) atoms. The second-order valence-corrected chi connectivity index (χ2v) is 8.15. The van der Waals surface area contributed by atoms with Crippen LogP contribution in [0.5, 0.6) is 0 Å². The topological polar surface area (TPSA) is 4.93 Å². The Labute approximate surface area is 154 Å². The minimum absolute atomic E-state index is 0.611. The zero-order valence-electron chi connectivity index (χ0n) is 15.3. The number of hydrogen-bond donors (Lipinski definition) is 0. The minimum atomic E-state index is 0.611. The molecular weight excluding hydrogens is 322 g/mol. The van der Waals surface area contributed by atoms with Crippen LogP contribution in [0.2, 0.25) is 0 Å². The molecule has 1 nitrogen and oxygen atoms in total. The van der Waals surface area contributed by atoms with Crippen LogP contribution < -0.4 is 0 Å². The first-order chi connectivity index (χ1) is 12.3. The standard InChI is InChI=1S/C23H27NS/c1-3-5-11-17(12-6-4-2)24-20-15-9-7-13-18(20)23-22(24)19-14-8-10-16-21(19)25-23/h7-10,13-17H,3-6,11-12H2,1-2H3. The van der Waals surface area contributed by atoms with Crippen molar-refractivity contribution in [2.24, 2.45) is 0 Å². The number of nitrogens with zero attached hydrogens (tertiary/aromatic N) is 1. The minimum Gasteiger partial charge on any atom is -0.336 e. The molecule has 0 aliphatic heterocycles. The average Bonchev–Trinajstić information content (AvgIpc) is 3.17. The summed E-state index contributed by atoms with van der Waals surface area (Å²) in [6.07, 6.45) is 7.74. The molecule has 4 rings (SSSR count). The first-order valence-electron chi connectivity index (χ1n) is 9.75. The van der Waals surface area contributed by atoms with Gasteiger partial charge in [0.05, 0.1) is 15.7 Å². The van der Waals surface area contributed by atoms with Crippen molar-refractivity contribution in [3.8, 4) is 0 Å². The van der Waals surface area contributed by atoms with Gasteiger partial charge >= 0.3 is 0 Å².